The average molecular weight is 417 g/mol. The second kappa shape index (κ2) is 10.2. The van der Waals surface area contributed by atoms with Crippen molar-refractivity contribution in [2.75, 3.05) is 26.2 Å². The highest BCUT2D eigenvalue weighted by Gasteiger charge is 2.30. The predicted molar refractivity (Wildman–Crippen MR) is 101 cm³/mol. The minimum Gasteiger partial charge on any atom is -0.456 e. The summed E-state index contributed by atoms with van der Waals surface area (Å²) in [7, 11) is -3.64. The SMILES string of the molecule is N#CCCN(CCC#N)C(=O)COC(=O)CCN=C1NS(=O)(=O)c2ccccc21. The number of fused-ring (bicyclic) bond motifs is 1. The molecule has 2 rings (SSSR count). The van der Waals surface area contributed by atoms with Crippen LogP contribution in [-0.2, 0) is 24.3 Å². The van der Waals surface area contributed by atoms with Crippen LogP contribution in [-0.4, -0.2) is 57.3 Å². The van der Waals surface area contributed by atoms with E-state index in [9.17, 15) is 18.0 Å². The molecule has 0 saturated heterocycles. The molecule has 0 unspecified atom stereocenters. The van der Waals surface area contributed by atoms with E-state index in [0.29, 0.717) is 5.56 Å². The second-order valence-corrected chi connectivity index (χ2v) is 7.59. The highest BCUT2D eigenvalue weighted by Crippen LogP contribution is 2.22. The van der Waals surface area contributed by atoms with Crippen molar-refractivity contribution in [3.63, 3.8) is 0 Å². The highest BCUT2D eigenvalue weighted by molar-refractivity contribution is 7.90. The third-order valence-corrected chi connectivity index (χ3v) is 5.34. The van der Waals surface area contributed by atoms with Gasteiger partial charge in [0.2, 0.25) is 0 Å². The van der Waals surface area contributed by atoms with E-state index in [0.717, 1.165) is 0 Å². The number of aliphatic imine (C=N–C) groups is 1. The maximum atomic E-state index is 12.1. The minimum atomic E-state index is -3.64. The maximum Gasteiger partial charge on any atom is 0.308 e. The van der Waals surface area contributed by atoms with Crippen LogP contribution in [0.4, 0.5) is 0 Å². The van der Waals surface area contributed by atoms with Gasteiger partial charge >= 0.3 is 5.97 Å². The molecule has 1 aromatic carbocycles. The van der Waals surface area contributed by atoms with Crippen molar-refractivity contribution in [1.82, 2.24) is 9.62 Å². The van der Waals surface area contributed by atoms with Crippen molar-refractivity contribution in [2.24, 2.45) is 4.99 Å². The third kappa shape index (κ3) is 6.02. The van der Waals surface area contributed by atoms with Crippen molar-refractivity contribution in [3.8, 4) is 12.1 Å². The molecule has 0 spiro atoms. The molecule has 0 bridgehead atoms. The Bertz CT molecular complexity index is 973. The summed E-state index contributed by atoms with van der Waals surface area (Å²) >= 11 is 0. The molecule has 1 aliphatic heterocycles. The molecule has 1 amide bonds. The fourth-order valence-corrected chi connectivity index (χ4v) is 3.80. The standard InChI is InChI=1S/C18H19N5O5S/c19-8-3-11-23(12-4-9-20)16(24)13-28-17(25)7-10-21-18-14-5-1-2-6-15(14)29(26,27)22-18/h1-2,5-6H,3-4,7,10-13H2,(H,21,22). The normalized spacial score (nSPS) is 14.9. The van der Waals surface area contributed by atoms with Crippen LogP contribution in [0.2, 0.25) is 0 Å². The van der Waals surface area contributed by atoms with Crippen LogP contribution in [0.1, 0.15) is 24.8 Å². The molecular formula is C18H19N5O5S. The summed E-state index contributed by atoms with van der Waals surface area (Å²) in [6.07, 6.45) is 0.0804. The van der Waals surface area contributed by atoms with Crippen LogP contribution in [0.15, 0.2) is 34.2 Å². The van der Waals surface area contributed by atoms with E-state index in [2.05, 4.69) is 9.71 Å². The van der Waals surface area contributed by atoms with Crippen molar-refractivity contribution in [1.29, 1.82) is 10.5 Å². The van der Waals surface area contributed by atoms with Gasteiger partial charge in [-0.25, -0.2) is 8.42 Å². The van der Waals surface area contributed by atoms with Gasteiger partial charge in [-0.05, 0) is 12.1 Å². The number of carbonyl (C=O) groups excluding carboxylic acids is 2. The molecule has 10 nitrogen and oxygen atoms in total. The fraction of sp³-hybridized carbons (Fsp3) is 0.389. The largest absolute Gasteiger partial charge is 0.456 e. The number of rotatable bonds is 9. The van der Waals surface area contributed by atoms with Crippen LogP contribution in [0.3, 0.4) is 0 Å². The number of ether oxygens (including phenoxy) is 1. The maximum absolute atomic E-state index is 12.1. The number of amides is 1. The quantitative estimate of drug-likeness (QED) is 0.568. The number of nitrogens with one attached hydrogen (secondary N) is 1. The van der Waals surface area contributed by atoms with Gasteiger partial charge in [0.15, 0.2) is 6.61 Å². The Morgan fingerprint density at radius 1 is 1.14 bits per heavy atom. The lowest BCUT2D eigenvalue weighted by molar-refractivity contribution is -0.151. The van der Waals surface area contributed by atoms with E-state index in [4.69, 9.17) is 15.3 Å². The van der Waals surface area contributed by atoms with E-state index in [1.54, 1.807) is 18.2 Å². The van der Waals surface area contributed by atoms with Crippen LogP contribution >= 0.6 is 0 Å². The van der Waals surface area contributed by atoms with E-state index in [-0.39, 0.29) is 49.6 Å². The summed E-state index contributed by atoms with van der Waals surface area (Å²) in [4.78, 5) is 29.4. The van der Waals surface area contributed by atoms with Gasteiger partial charge in [0.05, 0.1) is 42.8 Å². The summed E-state index contributed by atoms with van der Waals surface area (Å²) in [6.45, 7) is -0.211. The zero-order valence-corrected chi connectivity index (χ0v) is 16.3. The first-order valence-corrected chi connectivity index (χ1v) is 10.2. The van der Waals surface area contributed by atoms with Gasteiger partial charge in [0, 0.05) is 18.7 Å². The highest BCUT2D eigenvalue weighted by atomic mass is 32.2. The van der Waals surface area contributed by atoms with E-state index in [1.165, 1.54) is 11.0 Å². The van der Waals surface area contributed by atoms with Crippen molar-refractivity contribution in [3.05, 3.63) is 29.8 Å². The first-order valence-electron chi connectivity index (χ1n) is 8.73. The first-order chi connectivity index (χ1) is 13.9. The van der Waals surface area contributed by atoms with Gasteiger partial charge in [0.25, 0.3) is 15.9 Å². The Labute approximate surface area is 168 Å². The molecular weight excluding hydrogens is 398 g/mol. The van der Waals surface area contributed by atoms with Gasteiger partial charge in [-0.3, -0.25) is 19.3 Å². The summed E-state index contributed by atoms with van der Waals surface area (Å²) in [5, 5.41) is 17.3. The molecule has 0 saturated carbocycles. The number of hydrogen-bond acceptors (Lipinski definition) is 8. The smallest absolute Gasteiger partial charge is 0.308 e. The number of esters is 1. The minimum absolute atomic E-state index is 0.0220. The molecule has 0 aliphatic carbocycles. The van der Waals surface area contributed by atoms with Gasteiger partial charge in [-0.1, -0.05) is 12.1 Å². The van der Waals surface area contributed by atoms with Crippen molar-refractivity contribution >= 4 is 27.7 Å². The van der Waals surface area contributed by atoms with E-state index >= 15 is 0 Å². The molecule has 0 fully saturated rings. The molecule has 11 heteroatoms. The molecule has 152 valence electrons. The number of hydrogen-bond donors (Lipinski definition) is 1. The first kappa shape index (κ1) is 21.9. The molecule has 29 heavy (non-hydrogen) atoms. The molecule has 0 aromatic heterocycles. The topological polar surface area (TPSA) is 153 Å². The van der Waals surface area contributed by atoms with Crippen LogP contribution < -0.4 is 4.72 Å². The number of amidine groups is 1. The van der Waals surface area contributed by atoms with Gasteiger partial charge < -0.3 is 9.64 Å². The summed E-state index contributed by atoms with van der Waals surface area (Å²) < 4.78 is 31.2. The lowest BCUT2D eigenvalue weighted by Crippen LogP contribution is -2.36. The lowest BCUT2D eigenvalue weighted by Gasteiger charge is -2.20. The third-order valence-electron chi connectivity index (χ3n) is 3.94. The zero-order chi connectivity index (χ0) is 21.3. The number of nitrogens with zero attached hydrogens (tertiary/aromatic N) is 4. The Balaban J connectivity index is 1.84. The monoisotopic (exact) mass is 417 g/mol. The lowest BCUT2D eigenvalue weighted by atomic mass is 10.2. The molecule has 1 aromatic rings. The Kier molecular flexibility index (Phi) is 7.69. The molecule has 0 radical (unpaired) electrons. The summed E-state index contributed by atoms with van der Waals surface area (Å²) in [5.74, 6) is -1.01. The van der Waals surface area contributed by atoms with E-state index < -0.39 is 28.5 Å². The van der Waals surface area contributed by atoms with Gasteiger partial charge in [-0.15, -0.1) is 0 Å². The van der Waals surface area contributed by atoms with Gasteiger partial charge in [-0.2, -0.15) is 10.5 Å². The summed E-state index contributed by atoms with van der Waals surface area (Å²) in [5.41, 5.74) is 0.432. The van der Waals surface area contributed by atoms with Crippen LogP contribution in [0.5, 0.6) is 0 Å². The molecule has 1 heterocycles. The van der Waals surface area contributed by atoms with Crippen molar-refractivity contribution < 1.29 is 22.7 Å². The number of sulfonamides is 1. The fourth-order valence-electron chi connectivity index (χ4n) is 2.55. The van der Waals surface area contributed by atoms with Crippen LogP contribution in [0.25, 0.3) is 0 Å². The molecule has 1 aliphatic rings. The summed E-state index contributed by atoms with van der Waals surface area (Å²) in [6, 6.07) is 10.2. The van der Waals surface area contributed by atoms with Crippen molar-refractivity contribution in [2.45, 2.75) is 24.2 Å². The second-order valence-electron chi connectivity index (χ2n) is 5.94. The Morgan fingerprint density at radius 2 is 1.79 bits per heavy atom. The Hall–Kier alpha value is -3.44. The number of carbonyl (C=O) groups is 2. The number of benzene rings is 1. The molecule has 1 N–H and O–H groups in total. The van der Waals surface area contributed by atoms with Crippen LogP contribution in [0, 0.1) is 22.7 Å². The average Bonchev–Trinajstić information content (AvgIpc) is 2.97. The van der Waals surface area contributed by atoms with Gasteiger partial charge in [0.1, 0.15) is 5.84 Å². The van der Waals surface area contributed by atoms with E-state index in [1.807, 2.05) is 12.1 Å². The number of nitriles is 2. The predicted octanol–water partition coefficient (Wildman–Crippen LogP) is 0.314. The molecule has 0 atom stereocenters. The Morgan fingerprint density at radius 3 is 2.45 bits per heavy atom. The zero-order valence-electron chi connectivity index (χ0n) is 15.5.